The minimum absolute atomic E-state index is 0.100. The van der Waals surface area contributed by atoms with E-state index in [1.807, 2.05) is 164 Å². The van der Waals surface area contributed by atoms with Crippen LogP contribution in [-0.4, -0.2) is 0 Å². The molecule has 0 saturated carbocycles. The Kier molecular flexibility index (Phi) is 7.54. The highest BCUT2D eigenvalue weighted by atomic mass is 15.1. The van der Waals surface area contributed by atoms with E-state index < -0.39 is 24.2 Å². The zero-order chi connectivity index (χ0) is 46.3. The van der Waals surface area contributed by atoms with Crippen molar-refractivity contribution in [3.05, 3.63) is 249 Å². The van der Waals surface area contributed by atoms with Crippen LogP contribution in [0.1, 0.15) is 11.0 Å². The first-order chi connectivity index (χ1) is 32.6. The lowest BCUT2D eigenvalue weighted by Crippen LogP contribution is -2.09. The Morgan fingerprint density at radius 3 is 1.24 bits per heavy atom. The summed E-state index contributed by atoms with van der Waals surface area (Å²) in [4.78, 5) is 1.35. The van der Waals surface area contributed by atoms with E-state index in [0.717, 1.165) is 55.3 Å². The molecular formula is C58H41N. The van der Waals surface area contributed by atoms with Crippen LogP contribution in [0.15, 0.2) is 249 Å². The molecule has 0 aliphatic heterocycles. The third-order valence-electron chi connectivity index (χ3n) is 10.6. The molecule has 0 aliphatic carbocycles. The SMILES string of the molecule is [2H]c1c([2H])c(N(c2ccc(-c3cccc(-c4ccccc4)c3)cc2)c2c([2H])c([2H])c(-c3cccc(-c4cccc5ccccc45)c3)c([2H])c2[2H])c([2H])c([2H])c1-c1ccc(-c2ccccc2)cc1. The van der Waals surface area contributed by atoms with Crippen LogP contribution in [0.4, 0.5) is 17.1 Å². The summed E-state index contributed by atoms with van der Waals surface area (Å²) >= 11 is 0. The number of hydrogen-bond donors (Lipinski definition) is 0. The van der Waals surface area contributed by atoms with Crippen molar-refractivity contribution in [2.75, 3.05) is 4.90 Å². The van der Waals surface area contributed by atoms with E-state index in [4.69, 9.17) is 0 Å². The molecule has 0 amide bonds. The summed E-state index contributed by atoms with van der Waals surface area (Å²) in [6.45, 7) is 0. The lowest BCUT2D eigenvalue weighted by molar-refractivity contribution is 1.28. The Morgan fingerprint density at radius 2 is 0.627 bits per heavy atom. The molecular weight excluding hydrogens is 711 g/mol. The average Bonchev–Trinajstić information content (AvgIpc) is 3.38. The molecule has 0 fully saturated rings. The second-order valence-corrected chi connectivity index (χ2v) is 14.3. The van der Waals surface area contributed by atoms with Gasteiger partial charge < -0.3 is 4.90 Å². The molecule has 10 rings (SSSR count). The van der Waals surface area contributed by atoms with Gasteiger partial charge in [-0.25, -0.2) is 0 Å². The van der Waals surface area contributed by atoms with E-state index in [-0.39, 0.29) is 46.7 Å². The molecule has 278 valence electrons. The highest BCUT2D eigenvalue weighted by Crippen LogP contribution is 2.39. The molecule has 0 radical (unpaired) electrons. The van der Waals surface area contributed by atoms with Crippen molar-refractivity contribution in [1.29, 1.82) is 0 Å². The van der Waals surface area contributed by atoms with Gasteiger partial charge in [0.1, 0.15) is 0 Å². The largest absolute Gasteiger partial charge is 0.311 e. The monoisotopic (exact) mass is 759 g/mol. The molecule has 0 heterocycles. The number of hydrogen-bond acceptors (Lipinski definition) is 1. The lowest BCUT2D eigenvalue weighted by Gasteiger charge is -2.26. The van der Waals surface area contributed by atoms with E-state index in [0.29, 0.717) is 16.8 Å². The molecule has 10 aromatic carbocycles. The van der Waals surface area contributed by atoms with Gasteiger partial charge in [0.15, 0.2) is 0 Å². The molecule has 1 nitrogen and oxygen atoms in total. The molecule has 10 aromatic rings. The van der Waals surface area contributed by atoms with Gasteiger partial charge in [0.05, 0.1) is 11.0 Å². The molecule has 1 heteroatoms. The van der Waals surface area contributed by atoms with Crippen molar-refractivity contribution in [2.24, 2.45) is 0 Å². The summed E-state index contributed by atoms with van der Waals surface area (Å²) in [5.74, 6) is 0. The van der Waals surface area contributed by atoms with Gasteiger partial charge in [-0.2, -0.15) is 0 Å². The Bertz CT molecular complexity index is 3420. The number of nitrogens with zero attached hydrogens (tertiary/aromatic N) is 1. The van der Waals surface area contributed by atoms with Gasteiger partial charge in [-0.1, -0.05) is 200 Å². The van der Waals surface area contributed by atoms with Crippen LogP contribution < -0.4 is 4.90 Å². The van der Waals surface area contributed by atoms with Crippen LogP contribution in [0.5, 0.6) is 0 Å². The minimum Gasteiger partial charge on any atom is -0.311 e. The van der Waals surface area contributed by atoms with Crippen molar-refractivity contribution in [3.63, 3.8) is 0 Å². The third kappa shape index (κ3) is 7.46. The Balaban J connectivity index is 1.13. The fourth-order valence-corrected chi connectivity index (χ4v) is 7.59. The first-order valence-electron chi connectivity index (χ1n) is 23.6. The van der Waals surface area contributed by atoms with Crippen LogP contribution in [0, 0.1) is 0 Å². The second-order valence-electron chi connectivity index (χ2n) is 14.3. The molecule has 59 heavy (non-hydrogen) atoms. The van der Waals surface area contributed by atoms with Crippen molar-refractivity contribution in [3.8, 4) is 66.8 Å². The quantitative estimate of drug-likeness (QED) is 0.142. The van der Waals surface area contributed by atoms with E-state index >= 15 is 0 Å². The number of anilines is 3. The van der Waals surface area contributed by atoms with E-state index in [9.17, 15) is 11.0 Å². The third-order valence-corrected chi connectivity index (χ3v) is 10.6. The van der Waals surface area contributed by atoms with Gasteiger partial charge in [0.25, 0.3) is 0 Å². The molecule has 0 spiro atoms. The first-order valence-corrected chi connectivity index (χ1v) is 19.6. The maximum absolute atomic E-state index is 9.63. The van der Waals surface area contributed by atoms with Gasteiger partial charge in [0, 0.05) is 17.1 Å². The van der Waals surface area contributed by atoms with Crippen LogP contribution in [0.2, 0.25) is 0 Å². The minimum atomic E-state index is -0.399. The predicted octanol–water partition coefficient (Wildman–Crippen LogP) is 16.3. The van der Waals surface area contributed by atoms with Crippen LogP contribution in [-0.2, 0) is 0 Å². The second kappa shape index (κ2) is 16.0. The van der Waals surface area contributed by atoms with Gasteiger partial charge in [-0.15, -0.1) is 0 Å². The van der Waals surface area contributed by atoms with Crippen LogP contribution >= 0.6 is 0 Å². The summed E-state index contributed by atoms with van der Waals surface area (Å²) in [5.41, 5.74) is 8.76. The molecule has 0 N–H and O–H groups in total. The van der Waals surface area contributed by atoms with Gasteiger partial charge in [-0.3, -0.25) is 0 Å². The molecule has 0 atom stereocenters. The zero-order valence-corrected chi connectivity index (χ0v) is 32.0. The van der Waals surface area contributed by atoms with E-state index in [1.165, 1.54) is 4.90 Å². The maximum Gasteiger partial charge on any atom is 0.0645 e. The Labute approximate surface area is 358 Å². The van der Waals surface area contributed by atoms with Gasteiger partial charge in [0.2, 0.25) is 0 Å². The summed E-state index contributed by atoms with van der Waals surface area (Å²) in [7, 11) is 0. The Hall–Kier alpha value is -7.74. The summed E-state index contributed by atoms with van der Waals surface area (Å²) in [6, 6.07) is 61.3. The number of benzene rings is 10. The standard InChI is InChI=1S/C58H41N/c1-3-12-42(13-4-1)44-24-26-45(27-25-44)46-28-34-54(35-29-46)59(55-36-30-47(31-37-55)51-19-9-18-50(40-51)43-14-5-2-6-15-43)56-38-32-48(33-39-56)52-20-10-21-53(41-52)58-23-11-17-49-16-7-8-22-57(49)58/h1-41H/i28D,29D,32D,33D,34D,35D,38D,39D. The highest BCUT2D eigenvalue weighted by Gasteiger charge is 2.15. The van der Waals surface area contributed by atoms with Crippen LogP contribution in [0.25, 0.3) is 77.5 Å². The normalized spacial score (nSPS) is 12.9. The van der Waals surface area contributed by atoms with Crippen molar-refractivity contribution in [1.82, 2.24) is 0 Å². The zero-order valence-electron chi connectivity index (χ0n) is 40.0. The highest BCUT2D eigenvalue weighted by molar-refractivity contribution is 5.97. The van der Waals surface area contributed by atoms with Crippen LogP contribution in [0.3, 0.4) is 0 Å². The number of fused-ring (bicyclic) bond motifs is 1. The Morgan fingerprint density at radius 1 is 0.254 bits per heavy atom. The topological polar surface area (TPSA) is 3.24 Å². The predicted molar refractivity (Wildman–Crippen MR) is 251 cm³/mol. The smallest absolute Gasteiger partial charge is 0.0645 e. The molecule has 0 unspecified atom stereocenters. The van der Waals surface area contributed by atoms with Gasteiger partial charge in [-0.05, 0) is 126 Å². The van der Waals surface area contributed by atoms with Crippen molar-refractivity contribution < 1.29 is 11.0 Å². The van der Waals surface area contributed by atoms with E-state index in [1.54, 1.807) is 30.3 Å². The molecule has 0 saturated heterocycles. The maximum atomic E-state index is 9.63. The van der Waals surface area contributed by atoms with Gasteiger partial charge >= 0.3 is 0 Å². The number of rotatable bonds is 9. The molecule has 0 aromatic heterocycles. The van der Waals surface area contributed by atoms with Crippen molar-refractivity contribution >= 4 is 27.8 Å². The summed E-state index contributed by atoms with van der Waals surface area (Å²) in [6.07, 6.45) is 0. The molecule has 0 bridgehead atoms. The first kappa shape index (κ1) is 27.8. The summed E-state index contributed by atoms with van der Waals surface area (Å²) in [5, 5.41) is 2.11. The summed E-state index contributed by atoms with van der Waals surface area (Å²) < 4.78 is 76.1. The fraction of sp³-hybridized carbons (Fsp3) is 0. The van der Waals surface area contributed by atoms with Crippen molar-refractivity contribution in [2.45, 2.75) is 0 Å². The molecule has 0 aliphatic rings. The lowest BCUT2D eigenvalue weighted by atomic mass is 9.95. The van der Waals surface area contributed by atoms with E-state index in [2.05, 4.69) is 6.07 Å². The fourth-order valence-electron chi connectivity index (χ4n) is 7.59. The average molecular weight is 760 g/mol.